The maximum Gasteiger partial charge on any atom is 0.471 e. The summed E-state index contributed by atoms with van der Waals surface area (Å²) >= 11 is 3.11. The summed E-state index contributed by atoms with van der Waals surface area (Å²) in [4.78, 5) is 21.8. The van der Waals surface area contributed by atoms with Gasteiger partial charge in [-0.1, -0.05) is 22.0 Å². The van der Waals surface area contributed by atoms with Gasteiger partial charge >= 0.3 is 18.1 Å². The van der Waals surface area contributed by atoms with E-state index in [-0.39, 0.29) is 5.56 Å². The van der Waals surface area contributed by atoms with E-state index in [2.05, 4.69) is 15.9 Å². The summed E-state index contributed by atoms with van der Waals surface area (Å²) in [5.41, 5.74) is 0.703. The molecule has 2 N–H and O–H groups in total. The number of halogens is 4. The largest absolute Gasteiger partial charge is 0.479 e. The quantitative estimate of drug-likeness (QED) is 0.889. The van der Waals surface area contributed by atoms with E-state index in [1.807, 2.05) is 0 Å². The van der Waals surface area contributed by atoms with Gasteiger partial charge in [0.1, 0.15) is 0 Å². The Bertz CT molecular complexity index is 496. The topological polar surface area (TPSA) is 66.4 Å². The molecule has 1 rings (SSSR count). The molecule has 0 aliphatic carbocycles. The summed E-state index contributed by atoms with van der Waals surface area (Å²) in [6.45, 7) is 1.65. The zero-order valence-electron chi connectivity index (χ0n) is 9.58. The van der Waals surface area contributed by atoms with Gasteiger partial charge in [0.2, 0.25) is 0 Å². The highest BCUT2D eigenvalue weighted by molar-refractivity contribution is 9.10. The zero-order chi connectivity index (χ0) is 14.8. The number of hydrogen-bond donors (Lipinski definition) is 2. The van der Waals surface area contributed by atoms with E-state index in [9.17, 15) is 22.8 Å². The summed E-state index contributed by atoms with van der Waals surface area (Å²) in [5, 5.41) is 10.4. The third-order valence-electron chi connectivity index (χ3n) is 2.18. The molecule has 104 valence electrons. The SMILES string of the molecule is Cc1cc(Br)cc(C(NC(=O)C(F)(F)F)C(=O)O)c1. The van der Waals surface area contributed by atoms with Crippen LogP contribution in [0.5, 0.6) is 0 Å². The Morgan fingerprint density at radius 3 is 2.32 bits per heavy atom. The number of aliphatic carboxylic acids is 1. The van der Waals surface area contributed by atoms with Gasteiger partial charge in [0.15, 0.2) is 6.04 Å². The van der Waals surface area contributed by atoms with Crippen molar-refractivity contribution in [3.63, 3.8) is 0 Å². The normalized spacial score (nSPS) is 12.9. The van der Waals surface area contributed by atoms with Crippen LogP contribution >= 0.6 is 15.9 Å². The molecule has 0 fully saturated rings. The molecule has 1 aromatic carbocycles. The smallest absolute Gasteiger partial charge is 0.471 e. The van der Waals surface area contributed by atoms with E-state index in [1.54, 1.807) is 13.0 Å². The van der Waals surface area contributed by atoms with Crippen molar-refractivity contribution in [3.8, 4) is 0 Å². The van der Waals surface area contributed by atoms with Crippen molar-refractivity contribution in [2.24, 2.45) is 0 Å². The van der Waals surface area contributed by atoms with E-state index in [0.29, 0.717) is 10.0 Å². The fourth-order valence-corrected chi connectivity index (χ4v) is 2.06. The van der Waals surface area contributed by atoms with Crippen LogP contribution in [0.25, 0.3) is 0 Å². The summed E-state index contributed by atoms with van der Waals surface area (Å²) in [5.74, 6) is -3.87. The molecule has 0 aromatic heterocycles. The number of aryl methyl sites for hydroxylation is 1. The number of nitrogens with one attached hydrogen (secondary N) is 1. The molecule has 0 heterocycles. The summed E-state index contributed by atoms with van der Waals surface area (Å²) in [6, 6.07) is 2.63. The van der Waals surface area contributed by atoms with Crippen LogP contribution in [0.2, 0.25) is 0 Å². The molecule has 0 spiro atoms. The van der Waals surface area contributed by atoms with Crippen LogP contribution in [0.1, 0.15) is 17.2 Å². The molecule has 1 atom stereocenters. The van der Waals surface area contributed by atoms with E-state index < -0.39 is 24.1 Å². The minimum absolute atomic E-state index is 0.0528. The molecule has 1 aromatic rings. The van der Waals surface area contributed by atoms with Gasteiger partial charge in [-0.2, -0.15) is 13.2 Å². The maximum atomic E-state index is 12.1. The van der Waals surface area contributed by atoms with Gasteiger partial charge < -0.3 is 10.4 Å². The lowest BCUT2D eigenvalue weighted by Crippen LogP contribution is -2.41. The van der Waals surface area contributed by atoms with E-state index in [1.165, 1.54) is 17.4 Å². The molecule has 0 aliphatic heterocycles. The maximum absolute atomic E-state index is 12.1. The Morgan fingerprint density at radius 1 is 1.32 bits per heavy atom. The number of carbonyl (C=O) groups is 2. The highest BCUT2D eigenvalue weighted by Crippen LogP contribution is 2.23. The van der Waals surface area contributed by atoms with Crippen LogP contribution in [-0.4, -0.2) is 23.2 Å². The molecular weight excluding hydrogens is 331 g/mol. The van der Waals surface area contributed by atoms with Crippen LogP contribution in [0.15, 0.2) is 22.7 Å². The number of hydrogen-bond acceptors (Lipinski definition) is 2. The van der Waals surface area contributed by atoms with Gasteiger partial charge in [-0.15, -0.1) is 0 Å². The molecule has 0 saturated carbocycles. The molecule has 1 unspecified atom stereocenters. The zero-order valence-corrected chi connectivity index (χ0v) is 11.2. The van der Waals surface area contributed by atoms with Crippen molar-refractivity contribution >= 4 is 27.8 Å². The first-order valence-corrected chi connectivity index (χ1v) is 5.78. The highest BCUT2D eigenvalue weighted by atomic mass is 79.9. The van der Waals surface area contributed by atoms with Gasteiger partial charge in [-0.25, -0.2) is 4.79 Å². The second-order valence-corrected chi connectivity index (χ2v) is 4.72. The highest BCUT2D eigenvalue weighted by Gasteiger charge is 2.41. The third-order valence-corrected chi connectivity index (χ3v) is 2.64. The Labute approximate surface area is 114 Å². The van der Waals surface area contributed by atoms with Crippen LogP contribution < -0.4 is 5.32 Å². The summed E-state index contributed by atoms with van der Waals surface area (Å²) < 4.78 is 36.9. The van der Waals surface area contributed by atoms with E-state index in [4.69, 9.17) is 5.11 Å². The second kappa shape index (κ2) is 5.60. The average molecular weight is 340 g/mol. The van der Waals surface area contributed by atoms with Crippen LogP contribution in [0.3, 0.4) is 0 Å². The number of amides is 1. The Hall–Kier alpha value is -1.57. The van der Waals surface area contributed by atoms with Gasteiger partial charge in [0.05, 0.1) is 0 Å². The molecule has 0 aliphatic rings. The molecular formula is C11H9BrF3NO3. The Balaban J connectivity index is 3.08. The first kappa shape index (κ1) is 15.5. The number of carboxylic acids is 1. The molecule has 4 nitrogen and oxygen atoms in total. The van der Waals surface area contributed by atoms with Crippen LogP contribution in [0, 0.1) is 6.92 Å². The van der Waals surface area contributed by atoms with Crippen molar-refractivity contribution in [3.05, 3.63) is 33.8 Å². The predicted octanol–water partition coefficient (Wildman–Crippen LogP) is 2.56. The number of carboxylic acid groups (broad SMARTS) is 1. The number of carbonyl (C=O) groups excluding carboxylic acids is 1. The van der Waals surface area contributed by atoms with Gasteiger partial charge in [0.25, 0.3) is 0 Å². The Morgan fingerprint density at radius 2 is 1.89 bits per heavy atom. The number of benzene rings is 1. The third kappa shape index (κ3) is 4.23. The lowest BCUT2D eigenvalue weighted by molar-refractivity contribution is -0.175. The second-order valence-electron chi connectivity index (χ2n) is 3.80. The molecule has 19 heavy (non-hydrogen) atoms. The lowest BCUT2D eigenvalue weighted by Gasteiger charge is -2.16. The summed E-state index contributed by atoms with van der Waals surface area (Å²) in [6.07, 6.45) is -5.13. The predicted molar refractivity (Wildman–Crippen MR) is 63.5 cm³/mol. The van der Waals surface area contributed by atoms with Crippen molar-refractivity contribution in [2.75, 3.05) is 0 Å². The van der Waals surface area contributed by atoms with Crippen molar-refractivity contribution < 1.29 is 27.9 Å². The number of alkyl halides is 3. The number of rotatable bonds is 3. The van der Waals surface area contributed by atoms with E-state index >= 15 is 0 Å². The van der Waals surface area contributed by atoms with E-state index in [0.717, 1.165) is 0 Å². The lowest BCUT2D eigenvalue weighted by atomic mass is 10.0. The van der Waals surface area contributed by atoms with Crippen molar-refractivity contribution in [1.82, 2.24) is 5.32 Å². The molecule has 0 bridgehead atoms. The first-order valence-electron chi connectivity index (χ1n) is 4.99. The van der Waals surface area contributed by atoms with Gasteiger partial charge in [-0.3, -0.25) is 4.79 Å². The Kier molecular flexibility index (Phi) is 4.56. The van der Waals surface area contributed by atoms with Crippen molar-refractivity contribution in [1.29, 1.82) is 0 Å². The minimum atomic E-state index is -5.13. The fourth-order valence-electron chi connectivity index (χ4n) is 1.43. The summed E-state index contributed by atoms with van der Waals surface area (Å²) in [7, 11) is 0. The fraction of sp³-hybridized carbons (Fsp3) is 0.273. The average Bonchev–Trinajstić information content (AvgIpc) is 2.21. The van der Waals surface area contributed by atoms with Gasteiger partial charge in [0, 0.05) is 4.47 Å². The molecule has 0 radical (unpaired) electrons. The minimum Gasteiger partial charge on any atom is -0.479 e. The van der Waals surface area contributed by atoms with Crippen LogP contribution in [-0.2, 0) is 9.59 Å². The first-order chi connectivity index (χ1) is 8.61. The molecule has 0 saturated heterocycles. The van der Waals surface area contributed by atoms with Crippen LogP contribution in [0.4, 0.5) is 13.2 Å². The molecule has 8 heteroatoms. The van der Waals surface area contributed by atoms with Crippen molar-refractivity contribution in [2.45, 2.75) is 19.1 Å². The molecule has 1 amide bonds. The standard InChI is InChI=1S/C11H9BrF3NO3/c1-5-2-6(4-7(12)3-5)8(9(17)18)16-10(19)11(13,14)15/h2-4,8H,1H3,(H,16,19)(H,17,18). The monoisotopic (exact) mass is 339 g/mol. The van der Waals surface area contributed by atoms with Gasteiger partial charge in [-0.05, 0) is 30.2 Å².